The monoisotopic (exact) mass is 707 g/mol. The molecule has 0 spiro atoms. The maximum absolute atomic E-state index is 14.2. The zero-order valence-electron chi connectivity index (χ0n) is 32.1. The molecule has 4 N–H and O–H groups in total. The van der Waals surface area contributed by atoms with Crippen LogP contribution in [0.4, 0.5) is 0 Å². The second kappa shape index (κ2) is 18.2. The van der Waals surface area contributed by atoms with Crippen LogP contribution in [0.1, 0.15) is 87.5 Å². The van der Waals surface area contributed by atoms with Gasteiger partial charge in [-0.25, -0.2) is 0 Å². The van der Waals surface area contributed by atoms with Gasteiger partial charge < -0.3 is 39.6 Å². The Kier molecular flexibility index (Phi) is 15.5. The highest BCUT2D eigenvalue weighted by Gasteiger charge is 2.51. The normalized spacial score (nSPS) is 43.4. The van der Waals surface area contributed by atoms with Crippen molar-refractivity contribution in [3.8, 4) is 12.3 Å². The van der Waals surface area contributed by atoms with Gasteiger partial charge in [-0.05, 0) is 85.4 Å². The largest absolute Gasteiger partial charge is 0.459 e. The molecule has 0 radical (unpaired) electrons. The second-order valence-electron chi connectivity index (χ2n) is 15.6. The van der Waals surface area contributed by atoms with Crippen LogP contribution in [0.2, 0.25) is 0 Å². The summed E-state index contributed by atoms with van der Waals surface area (Å²) >= 11 is 0. The third-order valence-electron chi connectivity index (χ3n) is 11.6. The number of carbonyl (C=O) groups excluding carboxylic acids is 2. The minimum Gasteiger partial charge on any atom is -0.459 e. The molecule has 3 heterocycles. The molecule has 3 aliphatic heterocycles. The molecule has 14 atom stereocenters. The number of likely N-dealkylation sites (N-methyl/N-ethyl adjacent to an activating group) is 1. The highest BCUT2D eigenvalue weighted by Crippen LogP contribution is 2.38. The Morgan fingerprint density at radius 1 is 1.14 bits per heavy atom. The fourth-order valence-electron chi connectivity index (χ4n) is 8.18. The van der Waals surface area contributed by atoms with Crippen molar-refractivity contribution in [1.82, 2.24) is 10.2 Å². The Hall–Kier alpha value is -1.95. The van der Waals surface area contributed by atoms with E-state index < -0.39 is 71.4 Å². The maximum Gasteiger partial charge on any atom is 0.316 e. The van der Waals surface area contributed by atoms with Crippen molar-refractivity contribution >= 4 is 17.5 Å². The number of aliphatic hydroxyl groups excluding tert-OH is 2. The van der Waals surface area contributed by atoms with E-state index >= 15 is 0 Å². The molecule has 0 unspecified atom stereocenters. The molecule has 0 amide bonds. The number of ketones is 1. The van der Waals surface area contributed by atoms with Crippen molar-refractivity contribution in [2.24, 2.45) is 34.6 Å². The molecule has 286 valence electrons. The molecule has 3 fully saturated rings. The zero-order valence-corrected chi connectivity index (χ0v) is 32.1. The van der Waals surface area contributed by atoms with Gasteiger partial charge in [0.1, 0.15) is 23.7 Å². The number of methoxy groups -OCH3 is 1. The van der Waals surface area contributed by atoms with E-state index in [1.807, 2.05) is 39.6 Å². The van der Waals surface area contributed by atoms with Gasteiger partial charge >= 0.3 is 5.97 Å². The van der Waals surface area contributed by atoms with Crippen molar-refractivity contribution in [1.29, 1.82) is 0 Å². The minimum absolute atomic E-state index is 0.217. The standard InChI is InChI=1S/C38H65N3O9/c1-12-14-17-41(10)28-18-23(4)48-36(32(28)43)50-34-25(6)31(42)26(7)35(45)49-29(13-2)38(9,46)33(44)24(5)30(22(3)19-37(34,8)47-11)40-21-27-15-16-39-20-27/h1,22-29,32-34,36,39,43-44,46H,13-21H2,2-11H3/b40-30+/t22-,23-,24+,25+,26-,27-,28+,29-,32-,33-,34-,36+,37-,38-/m1/s1. The highest BCUT2D eigenvalue weighted by atomic mass is 16.7. The van der Waals surface area contributed by atoms with Crippen LogP contribution in [0.3, 0.4) is 0 Å². The lowest BCUT2D eigenvalue weighted by Crippen LogP contribution is -2.60. The number of aliphatic hydroxyl groups is 3. The molecule has 0 aromatic heterocycles. The van der Waals surface area contributed by atoms with Gasteiger partial charge in [-0.1, -0.05) is 27.7 Å². The summed E-state index contributed by atoms with van der Waals surface area (Å²) in [5, 5.41) is 38.5. The molecule has 3 rings (SSSR count). The van der Waals surface area contributed by atoms with Gasteiger partial charge in [0.05, 0.1) is 23.9 Å². The average Bonchev–Trinajstić information content (AvgIpc) is 3.61. The molecule has 50 heavy (non-hydrogen) atoms. The van der Waals surface area contributed by atoms with Crippen LogP contribution in [0.25, 0.3) is 0 Å². The molecule has 0 aromatic rings. The molecule has 3 aliphatic rings. The van der Waals surface area contributed by atoms with E-state index in [0.29, 0.717) is 44.0 Å². The Morgan fingerprint density at radius 2 is 1.82 bits per heavy atom. The van der Waals surface area contributed by atoms with Crippen molar-refractivity contribution in [3.63, 3.8) is 0 Å². The predicted octanol–water partition coefficient (Wildman–Crippen LogP) is 2.60. The van der Waals surface area contributed by atoms with Gasteiger partial charge in [-0.15, -0.1) is 12.3 Å². The van der Waals surface area contributed by atoms with Crippen LogP contribution in [-0.2, 0) is 28.5 Å². The highest BCUT2D eigenvalue weighted by molar-refractivity contribution is 6.00. The summed E-state index contributed by atoms with van der Waals surface area (Å²) in [6, 6.07) is -0.312. The Labute approximate surface area is 300 Å². The summed E-state index contributed by atoms with van der Waals surface area (Å²) in [7, 11) is 3.45. The summed E-state index contributed by atoms with van der Waals surface area (Å²) in [5.41, 5.74) is -2.30. The summed E-state index contributed by atoms with van der Waals surface area (Å²) in [6.45, 7) is 16.9. The predicted molar refractivity (Wildman–Crippen MR) is 191 cm³/mol. The van der Waals surface area contributed by atoms with Crippen molar-refractivity contribution in [2.75, 3.05) is 40.3 Å². The molecular formula is C38H65N3O9. The number of aliphatic imine (C=N–C) groups is 1. The van der Waals surface area contributed by atoms with Crippen molar-refractivity contribution < 1.29 is 43.9 Å². The molecule has 12 heteroatoms. The number of nitrogens with one attached hydrogen (secondary N) is 1. The SMILES string of the molecule is C#CCCN(C)[C@H]1C[C@@H](C)O[C@@H](O[C@@H]2[C@@H](C)C(=O)[C@@H](C)C(=O)O[C@H](CC)[C@@](C)(O)[C@H](O)[C@@H](C)/C(=N/C[C@@H]3CCNC3)[C@H](C)C[C@@]2(C)OC)[C@@H]1O. The van der Waals surface area contributed by atoms with E-state index in [1.54, 1.807) is 21.0 Å². The van der Waals surface area contributed by atoms with E-state index in [1.165, 1.54) is 13.8 Å². The zero-order chi connectivity index (χ0) is 37.6. The Morgan fingerprint density at radius 3 is 2.40 bits per heavy atom. The lowest BCUT2D eigenvalue weighted by Gasteiger charge is -2.47. The summed E-state index contributed by atoms with van der Waals surface area (Å²) < 4.78 is 25.0. The molecular weight excluding hydrogens is 642 g/mol. The van der Waals surface area contributed by atoms with Crippen LogP contribution < -0.4 is 5.32 Å². The number of ether oxygens (including phenoxy) is 4. The quantitative estimate of drug-likeness (QED) is 0.159. The third kappa shape index (κ3) is 9.72. The van der Waals surface area contributed by atoms with E-state index in [4.69, 9.17) is 30.4 Å². The number of cyclic esters (lactones) is 1. The first-order valence-electron chi connectivity index (χ1n) is 18.5. The lowest BCUT2D eigenvalue weighted by molar-refractivity contribution is -0.295. The number of Topliss-reactive ketones (excluding diaryl/α,β-unsaturated/α-hetero) is 1. The molecule has 0 aromatic carbocycles. The Balaban J connectivity index is 2.12. The number of esters is 1. The van der Waals surface area contributed by atoms with Gasteiger partial charge in [0.2, 0.25) is 0 Å². The first-order valence-corrected chi connectivity index (χ1v) is 18.5. The van der Waals surface area contributed by atoms with E-state index in [9.17, 15) is 24.9 Å². The fourth-order valence-corrected chi connectivity index (χ4v) is 8.18. The van der Waals surface area contributed by atoms with Gasteiger partial charge in [-0.3, -0.25) is 19.5 Å². The molecule has 0 saturated carbocycles. The molecule has 12 nitrogen and oxygen atoms in total. The average molecular weight is 708 g/mol. The fraction of sp³-hybridized carbons (Fsp3) is 0.868. The van der Waals surface area contributed by atoms with Crippen LogP contribution in [-0.4, -0.2) is 132 Å². The Bertz CT molecular complexity index is 1200. The third-order valence-corrected chi connectivity index (χ3v) is 11.6. The topological polar surface area (TPSA) is 159 Å². The number of nitrogens with zero attached hydrogens (tertiary/aromatic N) is 2. The van der Waals surface area contributed by atoms with Gasteiger partial charge in [0.15, 0.2) is 12.1 Å². The van der Waals surface area contributed by atoms with Crippen molar-refractivity contribution in [3.05, 3.63) is 0 Å². The lowest BCUT2D eigenvalue weighted by atomic mass is 9.73. The maximum atomic E-state index is 14.2. The molecule has 0 bridgehead atoms. The number of rotatable bonds is 9. The number of hydrogen-bond donors (Lipinski definition) is 4. The van der Waals surface area contributed by atoms with Crippen LogP contribution >= 0.6 is 0 Å². The second-order valence-corrected chi connectivity index (χ2v) is 15.6. The number of hydrogen-bond acceptors (Lipinski definition) is 12. The van der Waals surface area contributed by atoms with Gasteiger partial charge in [0, 0.05) is 50.2 Å². The smallest absolute Gasteiger partial charge is 0.316 e. The van der Waals surface area contributed by atoms with E-state index in [0.717, 1.165) is 19.5 Å². The summed E-state index contributed by atoms with van der Waals surface area (Å²) in [6.07, 6.45) is 2.27. The van der Waals surface area contributed by atoms with Crippen molar-refractivity contribution in [2.45, 2.75) is 142 Å². The first-order chi connectivity index (χ1) is 23.4. The van der Waals surface area contributed by atoms with Crippen LogP contribution in [0.5, 0.6) is 0 Å². The summed E-state index contributed by atoms with van der Waals surface area (Å²) in [5.74, 6) is -1.31. The van der Waals surface area contributed by atoms with Crippen LogP contribution in [0, 0.1) is 41.9 Å². The minimum atomic E-state index is -1.83. The van der Waals surface area contributed by atoms with E-state index in [-0.39, 0.29) is 24.5 Å². The van der Waals surface area contributed by atoms with Gasteiger partial charge in [0.25, 0.3) is 0 Å². The first kappa shape index (κ1) is 42.5. The van der Waals surface area contributed by atoms with Crippen LogP contribution in [0.15, 0.2) is 4.99 Å². The number of carbonyl (C=O) groups is 2. The molecule has 3 saturated heterocycles. The van der Waals surface area contributed by atoms with Gasteiger partial charge in [-0.2, -0.15) is 0 Å². The number of terminal acetylenes is 1. The molecule has 0 aliphatic carbocycles. The van der Waals surface area contributed by atoms with E-state index in [2.05, 4.69) is 11.2 Å². The summed E-state index contributed by atoms with van der Waals surface area (Å²) in [4.78, 5) is 34.8.